The highest BCUT2D eigenvalue weighted by atomic mass is 35.5. The number of amides is 1. The first kappa shape index (κ1) is 23.5. The van der Waals surface area contributed by atoms with Crippen molar-refractivity contribution < 1.29 is 17.9 Å². The number of sulfone groups is 1. The van der Waals surface area contributed by atoms with Crippen molar-refractivity contribution >= 4 is 33.0 Å². The molecule has 168 valence electrons. The maximum Gasteiger partial charge on any atom is 0.264 e. The summed E-state index contributed by atoms with van der Waals surface area (Å²) in [6, 6.07) is 12.6. The van der Waals surface area contributed by atoms with Gasteiger partial charge in [0.1, 0.15) is 5.75 Å². The molecule has 3 aromatic rings. The zero-order chi connectivity index (χ0) is 23.3. The summed E-state index contributed by atoms with van der Waals surface area (Å²) in [4.78, 5) is 23.8. The number of aryl methyl sites for hydroxylation is 1. The van der Waals surface area contributed by atoms with Crippen LogP contribution in [0.2, 0.25) is 5.02 Å². The van der Waals surface area contributed by atoms with Crippen LogP contribution < -0.4 is 15.6 Å². The van der Waals surface area contributed by atoms with Crippen molar-refractivity contribution in [2.75, 3.05) is 18.2 Å². The van der Waals surface area contributed by atoms with Gasteiger partial charge in [-0.15, -0.1) is 0 Å². The number of ether oxygens (including phenoxy) is 1. The highest BCUT2D eigenvalue weighted by Crippen LogP contribution is 2.28. The van der Waals surface area contributed by atoms with E-state index < -0.39 is 15.7 Å². The Bertz CT molecular complexity index is 1280. The zero-order valence-electron chi connectivity index (χ0n) is 17.5. The SMILES string of the molecule is CCc1ccc(-c2ccc(=O)[nH]n2)cc1S(=O)(=O)CCC(=O)Nc1cc(Cl)ccc1OC. The third-order valence-corrected chi connectivity index (χ3v) is 6.82. The van der Waals surface area contributed by atoms with Crippen molar-refractivity contribution in [1.29, 1.82) is 0 Å². The van der Waals surface area contributed by atoms with Crippen LogP contribution >= 0.6 is 11.6 Å². The maximum atomic E-state index is 13.1. The molecule has 2 aromatic carbocycles. The van der Waals surface area contributed by atoms with E-state index in [2.05, 4.69) is 15.5 Å². The van der Waals surface area contributed by atoms with Crippen LogP contribution in [0, 0.1) is 0 Å². The number of aromatic nitrogens is 2. The number of nitrogens with one attached hydrogen (secondary N) is 2. The Labute approximate surface area is 190 Å². The number of carbonyl (C=O) groups excluding carboxylic acids is 1. The first-order valence-electron chi connectivity index (χ1n) is 9.78. The summed E-state index contributed by atoms with van der Waals surface area (Å²) in [6.45, 7) is 1.85. The Kier molecular flexibility index (Phi) is 7.32. The monoisotopic (exact) mass is 475 g/mol. The van der Waals surface area contributed by atoms with Gasteiger partial charge in [0.25, 0.3) is 5.56 Å². The van der Waals surface area contributed by atoms with Crippen molar-refractivity contribution in [1.82, 2.24) is 10.2 Å². The predicted octanol–water partition coefficient (Wildman–Crippen LogP) is 3.46. The van der Waals surface area contributed by atoms with Crippen LogP contribution in [0.1, 0.15) is 18.9 Å². The Morgan fingerprint density at radius 1 is 1.16 bits per heavy atom. The summed E-state index contributed by atoms with van der Waals surface area (Å²) in [5.41, 5.74) is 1.63. The lowest BCUT2D eigenvalue weighted by Crippen LogP contribution is -2.18. The summed E-state index contributed by atoms with van der Waals surface area (Å²) in [6.07, 6.45) is 0.252. The molecule has 0 aliphatic rings. The number of methoxy groups -OCH3 is 1. The first-order valence-corrected chi connectivity index (χ1v) is 11.8. The average Bonchev–Trinajstić information content (AvgIpc) is 2.78. The van der Waals surface area contributed by atoms with E-state index in [1.54, 1.807) is 24.3 Å². The maximum absolute atomic E-state index is 13.1. The highest BCUT2D eigenvalue weighted by Gasteiger charge is 2.21. The number of anilines is 1. The van der Waals surface area contributed by atoms with Crippen LogP contribution in [-0.4, -0.2) is 37.4 Å². The minimum Gasteiger partial charge on any atom is -0.495 e. The summed E-state index contributed by atoms with van der Waals surface area (Å²) >= 11 is 5.97. The molecule has 0 fully saturated rings. The minimum atomic E-state index is -3.77. The van der Waals surface area contributed by atoms with Crippen LogP contribution in [0.3, 0.4) is 0 Å². The number of hydrogen-bond donors (Lipinski definition) is 2. The van der Waals surface area contributed by atoms with Crippen LogP contribution in [0.5, 0.6) is 5.75 Å². The molecule has 0 aliphatic heterocycles. The molecule has 0 radical (unpaired) electrons. The van der Waals surface area contributed by atoms with Gasteiger partial charge in [0.2, 0.25) is 5.91 Å². The molecule has 2 N–H and O–H groups in total. The largest absolute Gasteiger partial charge is 0.495 e. The van der Waals surface area contributed by atoms with Gasteiger partial charge in [-0.25, -0.2) is 13.5 Å². The van der Waals surface area contributed by atoms with Gasteiger partial charge in [-0.2, -0.15) is 5.10 Å². The molecule has 0 atom stereocenters. The van der Waals surface area contributed by atoms with E-state index in [0.717, 1.165) is 0 Å². The fourth-order valence-electron chi connectivity index (χ4n) is 3.13. The van der Waals surface area contributed by atoms with Crippen LogP contribution in [0.4, 0.5) is 5.69 Å². The van der Waals surface area contributed by atoms with Gasteiger partial charge < -0.3 is 10.1 Å². The molecule has 0 bridgehead atoms. The van der Waals surface area contributed by atoms with E-state index in [4.69, 9.17) is 16.3 Å². The number of nitrogens with zero attached hydrogens (tertiary/aromatic N) is 1. The van der Waals surface area contributed by atoms with E-state index in [-0.39, 0.29) is 22.6 Å². The fourth-order valence-corrected chi connectivity index (χ4v) is 4.89. The molecular weight excluding hydrogens is 454 g/mol. The normalized spacial score (nSPS) is 11.2. The topological polar surface area (TPSA) is 118 Å². The van der Waals surface area contributed by atoms with E-state index in [1.807, 2.05) is 6.92 Å². The van der Waals surface area contributed by atoms with Gasteiger partial charge in [0, 0.05) is 23.1 Å². The molecule has 0 saturated heterocycles. The lowest BCUT2D eigenvalue weighted by Gasteiger charge is -2.13. The number of hydrogen-bond acceptors (Lipinski definition) is 6. The number of benzene rings is 2. The third-order valence-electron chi connectivity index (χ3n) is 4.79. The number of aromatic amines is 1. The number of halogens is 1. The second kappa shape index (κ2) is 9.97. The summed E-state index contributed by atoms with van der Waals surface area (Å²) in [5, 5.41) is 9.34. The van der Waals surface area contributed by atoms with Crippen LogP contribution in [0.25, 0.3) is 11.3 Å². The van der Waals surface area contributed by atoms with Gasteiger partial charge in [-0.3, -0.25) is 9.59 Å². The number of rotatable bonds is 8. The first-order chi connectivity index (χ1) is 15.2. The van der Waals surface area contributed by atoms with Crippen molar-refractivity contribution in [3.05, 3.63) is 69.5 Å². The second-order valence-electron chi connectivity index (χ2n) is 6.94. The lowest BCUT2D eigenvalue weighted by atomic mass is 10.1. The molecule has 1 amide bonds. The van der Waals surface area contributed by atoms with Crippen LogP contribution in [-0.2, 0) is 21.1 Å². The highest BCUT2D eigenvalue weighted by molar-refractivity contribution is 7.91. The molecule has 3 rings (SSSR count). The zero-order valence-corrected chi connectivity index (χ0v) is 19.1. The molecule has 1 aromatic heterocycles. The van der Waals surface area contributed by atoms with E-state index in [1.165, 1.54) is 31.4 Å². The smallest absolute Gasteiger partial charge is 0.264 e. The molecule has 8 nitrogen and oxygen atoms in total. The fraction of sp³-hybridized carbons (Fsp3) is 0.227. The van der Waals surface area contributed by atoms with Crippen molar-refractivity contribution in [3.8, 4) is 17.0 Å². The molecule has 0 aliphatic carbocycles. The van der Waals surface area contributed by atoms with E-state index >= 15 is 0 Å². The molecule has 0 spiro atoms. The van der Waals surface area contributed by atoms with Crippen LogP contribution in [0.15, 0.2) is 58.2 Å². The van der Waals surface area contributed by atoms with E-state index in [0.29, 0.717) is 39.7 Å². The quantitative estimate of drug-likeness (QED) is 0.515. The third kappa shape index (κ3) is 5.54. The van der Waals surface area contributed by atoms with Gasteiger partial charge in [-0.05, 0) is 42.3 Å². The lowest BCUT2D eigenvalue weighted by molar-refractivity contribution is -0.115. The van der Waals surface area contributed by atoms with Gasteiger partial charge in [-0.1, -0.05) is 30.7 Å². The second-order valence-corrected chi connectivity index (χ2v) is 9.46. The predicted molar refractivity (Wildman–Crippen MR) is 123 cm³/mol. The Hall–Kier alpha value is -3.17. The summed E-state index contributed by atoms with van der Waals surface area (Å²) in [5.74, 6) is -0.442. The standard InChI is InChI=1S/C22H22ClN3O5S/c1-3-14-4-5-15(17-7-9-22(28)26-25-17)12-20(14)32(29,30)11-10-21(27)24-18-13-16(23)6-8-19(18)31-2/h4-9,12-13H,3,10-11H2,1-2H3,(H,24,27)(H,26,28). The molecule has 1 heterocycles. The number of H-pyrrole nitrogens is 1. The summed E-state index contributed by atoms with van der Waals surface area (Å²) < 4.78 is 31.3. The van der Waals surface area contributed by atoms with Gasteiger partial charge in [0.15, 0.2) is 9.84 Å². The summed E-state index contributed by atoms with van der Waals surface area (Å²) in [7, 11) is -2.31. The minimum absolute atomic E-state index is 0.138. The van der Waals surface area contributed by atoms with Crippen molar-refractivity contribution in [2.45, 2.75) is 24.7 Å². The molecule has 0 saturated carbocycles. The molecule has 10 heteroatoms. The molecule has 0 unspecified atom stereocenters. The van der Waals surface area contributed by atoms with Gasteiger partial charge >= 0.3 is 0 Å². The molecule has 32 heavy (non-hydrogen) atoms. The Morgan fingerprint density at radius 2 is 1.94 bits per heavy atom. The molecular formula is C22H22ClN3O5S. The van der Waals surface area contributed by atoms with Gasteiger partial charge in [0.05, 0.1) is 29.1 Å². The average molecular weight is 476 g/mol. The Balaban J connectivity index is 1.81. The Morgan fingerprint density at radius 3 is 2.59 bits per heavy atom. The van der Waals surface area contributed by atoms with Crippen molar-refractivity contribution in [3.63, 3.8) is 0 Å². The number of carbonyl (C=O) groups is 1. The van der Waals surface area contributed by atoms with E-state index in [9.17, 15) is 18.0 Å². The van der Waals surface area contributed by atoms with Crippen molar-refractivity contribution in [2.24, 2.45) is 0 Å².